The van der Waals surface area contributed by atoms with E-state index < -0.39 is 11.6 Å². The van der Waals surface area contributed by atoms with Gasteiger partial charge in [0.15, 0.2) is 0 Å². The number of allylic oxidation sites excluding steroid dienone is 3. The van der Waals surface area contributed by atoms with Crippen molar-refractivity contribution in [3.63, 3.8) is 0 Å². The first kappa shape index (κ1) is 36.7. The van der Waals surface area contributed by atoms with Gasteiger partial charge >= 0.3 is 12.1 Å². The van der Waals surface area contributed by atoms with E-state index in [2.05, 4.69) is 51.0 Å². The second-order valence-corrected chi connectivity index (χ2v) is 17.9. The minimum absolute atomic E-state index is 0.0420. The number of carboxylic acid groups (broad SMARTS) is 1. The van der Waals surface area contributed by atoms with Gasteiger partial charge in [0.2, 0.25) is 0 Å². The number of carboxylic acids is 1. The van der Waals surface area contributed by atoms with Crippen LogP contribution in [0.25, 0.3) is 5.57 Å². The quantitative estimate of drug-likeness (QED) is 0.209. The van der Waals surface area contributed by atoms with Gasteiger partial charge in [-0.2, -0.15) is 0 Å². The molecule has 0 aromatic heterocycles. The number of hydrogen-bond acceptors (Lipinski definition) is 4. The van der Waals surface area contributed by atoms with Crippen molar-refractivity contribution in [2.75, 3.05) is 13.1 Å². The fourth-order valence-corrected chi connectivity index (χ4v) is 12.2. The van der Waals surface area contributed by atoms with Gasteiger partial charge < -0.3 is 20.5 Å². The lowest BCUT2D eigenvalue weighted by Gasteiger charge is -2.68. The molecule has 3 N–H and O–H groups in total. The van der Waals surface area contributed by atoms with Crippen LogP contribution in [0.15, 0.2) is 43.0 Å². The van der Waals surface area contributed by atoms with Gasteiger partial charge in [0, 0.05) is 18.6 Å². The Kier molecular flexibility index (Phi) is 10.4. The number of aromatic carboxylic acids is 1. The van der Waals surface area contributed by atoms with Crippen molar-refractivity contribution < 1.29 is 19.4 Å². The van der Waals surface area contributed by atoms with E-state index in [1.54, 1.807) is 18.2 Å². The van der Waals surface area contributed by atoms with Gasteiger partial charge in [-0.1, -0.05) is 58.4 Å². The highest BCUT2D eigenvalue weighted by atomic mass is 16.6. The molecular weight excluding hydrogens is 596 g/mol. The smallest absolute Gasteiger partial charge is 0.407 e. The number of hydrogen-bond donors (Lipinski definition) is 3. The summed E-state index contributed by atoms with van der Waals surface area (Å²) < 4.78 is 5.44. The van der Waals surface area contributed by atoms with Gasteiger partial charge in [-0.25, -0.2) is 9.59 Å². The number of amides is 1. The van der Waals surface area contributed by atoms with Crippen molar-refractivity contribution in [2.45, 2.75) is 131 Å². The van der Waals surface area contributed by atoms with Gasteiger partial charge in [0.1, 0.15) is 5.60 Å². The Morgan fingerprint density at radius 1 is 0.917 bits per heavy atom. The fourth-order valence-electron chi connectivity index (χ4n) is 12.2. The van der Waals surface area contributed by atoms with Gasteiger partial charge in [-0.15, -0.1) is 6.58 Å². The first-order valence-electron chi connectivity index (χ1n) is 18.9. The van der Waals surface area contributed by atoms with Crippen molar-refractivity contribution in [2.24, 2.45) is 45.8 Å². The molecule has 0 spiro atoms. The van der Waals surface area contributed by atoms with E-state index in [4.69, 9.17) is 4.74 Å². The minimum Gasteiger partial charge on any atom is -0.478 e. The van der Waals surface area contributed by atoms with Crippen LogP contribution in [-0.4, -0.2) is 41.4 Å². The zero-order valence-electron chi connectivity index (χ0n) is 31.2. The number of alkyl carbamates (subject to hydrolysis) is 1. The van der Waals surface area contributed by atoms with E-state index in [9.17, 15) is 14.7 Å². The predicted octanol–water partition coefficient (Wildman–Crippen LogP) is 9.90. The molecule has 1 aromatic carbocycles. The highest BCUT2D eigenvalue weighted by Gasteiger charge is 2.65. The fraction of sp³-hybridized carbons (Fsp3) is 0.714. The summed E-state index contributed by atoms with van der Waals surface area (Å²) >= 11 is 0. The molecule has 6 heteroatoms. The molecule has 4 fully saturated rings. The van der Waals surface area contributed by atoms with Crippen LogP contribution in [0.2, 0.25) is 0 Å². The van der Waals surface area contributed by atoms with Gasteiger partial charge in [-0.3, -0.25) is 0 Å². The summed E-state index contributed by atoms with van der Waals surface area (Å²) in [6, 6.07) is 7.57. The maximum atomic E-state index is 12.2. The lowest BCUT2D eigenvalue weighted by molar-refractivity contribution is -0.172. The number of carbonyl (C=O) groups is 2. The van der Waals surface area contributed by atoms with E-state index >= 15 is 0 Å². The number of carbonyl (C=O) groups excluding carboxylic acids is 1. The van der Waals surface area contributed by atoms with Crippen LogP contribution in [0.1, 0.15) is 136 Å². The van der Waals surface area contributed by atoms with Crippen molar-refractivity contribution in [1.82, 2.24) is 10.6 Å². The largest absolute Gasteiger partial charge is 0.478 e. The lowest BCUT2D eigenvalue weighted by atomic mass is 9.37. The lowest BCUT2D eigenvalue weighted by Crippen LogP contribution is -2.63. The number of benzene rings is 1. The molecular formula is C42H64N2O4. The summed E-state index contributed by atoms with van der Waals surface area (Å²) in [7, 11) is 0. The molecule has 266 valence electrons. The Bertz CT molecular complexity index is 1370. The summed E-state index contributed by atoms with van der Waals surface area (Å²) in [5, 5.41) is 16.4. The van der Waals surface area contributed by atoms with Crippen LogP contribution in [-0.2, 0) is 4.74 Å². The second kappa shape index (κ2) is 13.6. The van der Waals surface area contributed by atoms with Gasteiger partial charge in [0.25, 0.3) is 0 Å². The highest BCUT2D eigenvalue weighted by molar-refractivity contribution is 5.88. The molecule has 6 rings (SSSR count). The Morgan fingerprint density at radius 3 is 2.25 bits per heavy atom. The predicted molar refractivity (Wildman–Crippen MR) is 196 cm³/mol. The third-order valence-corrected chi connectivity index (χ3v) is 13.8. The number of nitrogens with one attached hydrogen (secondary N) is 2. The minimum atomic E-state index is -0.864. The average molecular weight is 661 g/mol. The summed E-state index contributed by atoms with van der Waals surface area (Å²) in [6.45, 7) is 22.6. The number of fused-ring (bicyclic) bond motifs is 7. The van der Waals surface area contributed by atoms with Crippen molar-refractivity contribution in [3.05, 3.63) is 54.1 Å². The molecule has 1 aromatic rings. The molecule has 5 aliphatic carbocycles. The standard InChI is InChI=1S/C39H58N2O4.C3H6/c1-35(2,3)45-34(44)40-23-24-41-39-19-8-9-30(39)27-14-15-32-37(6,29(27)17-22-39)21-18-31-36(4,5)28(16-20-38(31,32)7)25-10-12-26(13-11-25)33(42)43;1-3-2/h10-13,16,27,29-32,41H,8-9,14-15,17-24H2,1-7H3,(H,40,44)(H,42,43);3H,1H2,2H3. The van der Waals surface area contributed by atoms with Crippen LogP contribution in [0.5, 0.6) is 0 Å². The van der Waals surface area contributed by atoms with Crippen molar-refractivity contribution >= 4 is 17.6 Å². The first-order chi connectivity index (χ1) is 22.5. The topological polar surface area (TPSA) is 87.7 Å². The highest BCUT2D eigenvalue weighted by Crippen LogP contribution is 2.72. The van der Waals surface area contributed by atoms with E-state index in [1.165, 1.54) is 68.9 Å². The Balaban J connectivity index is 0.00000145. The molecule has 0 bridgehead atoms. The molecule has 0 heterocycles. The monoisotopic (exact) mass is 660 g/mol. The molecule has 0 radical (unpaired) electrons. The first-order valence-corrected chi connectivity index (χ1v) is 18.9. The molecule has 8 atom stereocenters. The SMILES string of the molecule is C=CC.CC(C)(C)OC(=O)NCCNC12CCCC1C1CCC3C(C)(CCC4C(C)(C)C(c5ccc(C(=O)O)cc5)=CCC43C)C1CC2. The number of rotatable bonds is 6. The Labute approximate surface area is 290 Å². The molecule has 8 unspecified atom stereocenters. The summed E-state index contributed by atoms with van der Waals surface area (Å²) in [5.41, 5.74) is 3.39. The van der Waals surface area contributed by atoms with Crippen molar-refractivity contribution in [3.8, 4) is 0 Å². The van der Waals surface area contributed by atoms with Crippen LogP contribution in [0.4, 0.5) is 4.79 Å². The molecule has 4 saturated carbocycles. The van der Waals surface area contributed by atoms with Crippen LogP contribution in [0, 0.1) is 45.8 Å². The van der Waals surface area contributed by atoms with Crippen molar-refractivity contribution in [1.29, 1.82) is 0 Å². The second-order valence-electron chi connectivity index (χ2n) is 17.9. The van der Waals surface area contributed by atoms with Crippen LogP contribution in [0.3, 0.4) is 0 Å². The normalized spacial score (nSPS) is 36.4. The molecule has 5 aliphatic rings. The number of ether oxygens (including phenoxy) is 1. The average Bonchev–Trinajstić information content (AvgIpc) is 3.43. The molecule has 48 heavy (non-hydrogen) atoms. The zero-order chi connectivity index (χ0) is 35.1. The van der Waals surface area contributed by atoms with E-state index in [-0.39, 0.29) is 22.5 Å². The van der Waals surface area contributed by atoms with E-state index in [1.807, 2.05) is 39.8 Å². The van der Waals surface area contributed by atoms with Gasteiger partial charge in [0.05, 0.1) is 5.56 Å². The molecule has 0 aliphatic heterocycles. The maximum Gasteiger partial charge on any atom is 0.407 e. The molecule has 1 amide bonds. The molecule has 6 nitrogen and oxygen atoms in total. The third kappa shape index (κ3) is 6.64. The van der Waals surface area contributed by atoms with Crippen LogP contribution < -0.4 is 10.6 Å². The Morgan fingerprint density at radius 2 is 1.60 bits per heavy atom. The third-order valence-electron chi connectivity index (χ3n) is 13.8. The molecule has 0 saturated heterocycles. The van der Waals surface area contributed by atoms with Gasteiger partial charge in [-0.05, 0) is 155 Å². The summed E-state index contributed by atoms with van der Waals surface area (Å²) in [5.74, 6) is 2.82. The summed E-state index contributed by atoms with van der Waals surface area (Å²) in [6.07, 6.45) is 16.9. The Hall–Kier alpha value is -2.60. The van der Waals surface area contributed by atoms with Crippen LogP contribution >= 0.6 is 0 Å². The maximum absolute atomic E-state index is 12.2. The summed E-state index contributed by atoms with van der Waals surface area (Å²) in [4.78, 5) is 23.7. The van der Waals surface area contributed by atoms with E-state index in [0.29, 0.717) is 23.4 Å². The zero-order valence-corrected chi connectivity index (χ0v) is 31.2. The van der Waals surface area contributed by atoms with E-state index in [0.717, 1.165) is 36.6 Å².